The van der Waals surface area contributed by atoms with E-state index >= 15 is 0 Å². The molecule has 0 saturated heterocycles. The fourth-order valence-electron chi connectivity index (χ4n) is 3.04. The SMILES string of the molecule is CC1CCCC(C(N)c2cc(C(F)(F)F)ccc2Br)C1. The largest absolute Gasteiger partial charge is 0.416 e. The van der Waals surface area contributed by atoms with Crippen molar-refractivity contribution in [2.75, 3.05) is 0 Å². The first-order chi connectivity index (χ1) is 9.29. The van der Waals surface area contributed by atoms with Gasteiger partial charge in [-0.2, -0.15) is 13.2 Å². The summed E-state index contributed by atoms with van der Waals surface area (Å²) in [5.74, 6) is 0.864. The van der Waals surface area contributed by atoms with Crippen molar-refractivity contribution in [1.82, 2.24) is 0 Å². The highest BCUT2D eigenvalue weighted by Crippen LogP contribution is 2.40. The molecule has 0 radical (unpaired) electrons. The van der Waals surface area contributed by atoms with Crippen LogP contribution in [0.2, 0.25) is 0 Å². The molecule has 1 aliphatic carbocycles. The summed E-state index contributed by atoms with van der Waals surface area (Å²) in [7, 11) is 0. The highest BCUT2D eigenvalue weighted by molar-refractivity contribution is 9.10. The van der Waals surface area contributed by atoms with Gasteiger partial charge in [-0.15, -0.1) is 0 Å². The van der Waals surface area contributed by atoms with Crippen molar-refractivity contribution >= 4 is 15.9 Å². The number of nitrogens with two attached hydrogens (primary N) is 1. The first kappa shape index (κ1) is 15.8. The number of halogens is 4. The molecule has 5 heteroatoms. The van der Waals surface area contributed by atoms with Crippen LogP contribution in [0.3, 0.4) is 0 Å². The molecule has 112 valence electrons. The van der Waals surface area contributed by atoms with Crippen molar-refractivity contribution in [1.29, 1.82) is 0 Å². The molecule has 1 aromatic carbocycles. The van der Waals surface area contributed by atoms with Crippen molar-refractivity contribution in [3.05, 3.63) is 33.8 Å². The molecule has 0 bridgehead atoms. The molecule has 1 aromatic rings. The Morgan fingerprint density at radius 1 is 1.30 bits per heavy atom. The first-order valence-electron chi connectivity index (χ1n) is 6.91. The van der Waals surface area contributed by atoms with Gasteiger partial charge in [0.25, 0.3) is 0 Å². The maximum atomic E-state index is 12.8. The second-order valence-electron chi connectivity index (χ2n) is 5.79. The molecule has 1 aliphatic rings. The Hall–Kier alpha value is -0.550. The highest BCUT2D eigenvalue weighted by atomic mass is 79.9. The van der Waals surface area contributed by atoms with E-state index in [1.807, 2.05) is 0 Å². The van der Waals surface area contributed by atoms with Crippen LogP contribution in [0, 0.1) is 11.8 Å². The Morgan fingerprint density at radius 3 is 2.60 bits per heavy atom. The van der Waals surface area contributed by atoms with Gasteiger partial charge in [0, 0.05) is 10.5 Å². The van der Waals surface area contributed by atoms with E-state index in [0.717, 1.165) is 25.3 Å². The van der Waals surface area contributed by atoms with Crippen molar-refractivity contribution in [2.24, 2.45) is 17.6 Å². The van der Waals surface area contributed by atoms with Gasteiger partial charge in [0.05, 0.1) is 5.56 Å². The van der Waals surface area contributed by atoms with Crippen molar-refractivity contribution in [3.8, 4) is 0 Å². The first-order valence-corrected chi connectivity index (χ1v) is 7.70. The van der Waals surface area contributed by atoms with Crippen LogP contribution in [0.5, 0.6) is 0 Å². The number of rotatable bonds is 2. The van der Waals surface area contributed by atoms with E-state index in [-0.39, 0.29) is 12.0 Å². The van der Waals surface area contributed by atoms with Gasteiger partial charge in [-0.1, -0.05) is 35.7 Å². The van der Waals surface area contributed by atoms with E-state index in [0.29, 0.717) is 16.0 Å². The van der Waals surface area contributed by atoms with Gasteiger partial charge >= 0.3 is 6.18 Å². The Bertz CT molecular complexity index is 473. The molecule has 0 aliphatic heterocycles. The maximum Gasteiger partial charge on any atom is 0.416 e. The van der Waals surface area contributed by atoms with Crippen LogP contribution >= 0.6 is 15.9 Å². The molecule has 0 heterocycles. The lowest BCUT2D eigenvalue weighted by Crippen LogP contribution is -2.26. The number of hydrogen-bond donors (Lipinski definition) is 1. The minimum absolute atomic E-state index is 0.263. The second-order valence-corrected chi connectivity index (χ2v) is 6.65. The summed E-state index contributed by atoms with van der Waals surface area (Å²) >= 11 is 3.33. The quantitative estimate of drug-likeness (QED) is 0.770. The predicted molar refractivity (Wildman–Crippen MR) is 77.2 cm³/mol. The van der Waals surface area contributed by atoms with Crippen LogP contribution in [0.25, 0.3) is 0 Å². The van der Waals surface area contributed by atoms with E-state index in [9.17, 15) is 13.2 Å². The Balaban J connectivity index is 2.26. The van der Waals surface area contributed by atoms with Gasteiger partial charge in [0.15, 0.2) is 0 Å². The van der Waals surface area contributed by atoms with Gasteiger partial charge in [-0.25, -0.2) is 0 Å². The lowest BCUT2D eigenvalue weighted by Gasteiger charge is -2.32. The smallest absolute Gasteiger partial charge is 0.324 e. The van der Waals surface area contributed by atoms with Crippen molar-refractivity contribution < 1.29 is 13.2 Å². The summed E-state index contributed by atoms with van der Waals surface area (Å²) in [6.45, 7) is 2.18. The minimum atomic E-state index is -4.32. The number of benzene rings is 1. The fraction of sp³-hybridized carbons (Fsp3) is 0.600. The van der Waals surface area contributed by atoms with Crippen LogP contribution in [0.1, 0.15) is 49.8 Å². The van der Waals surface area contributed by atoms with E-state index < -0.39 is 11.7 Å². The molecule has 2 rings (SSSR count). The van der Waals surface area contributed by atoms with Gasteiger partial charge in [0.2, 0.25) is 0 Å². The third-order valence-electron chi connectivity index (χ3n) is 4.17. The van der Waals surface area contributed by atoms with Crippen LogP contribution in [-0.2, 0) is 6.18 Å². The van der Waals surface area contributed by atoms with Crippen molar-refractivity contribution in [2.45, 2.75) is 44.8 Å². The van der Waals surface area contributed by atoms with Gasteiger partial charge in [0.1, 0.15) is 0 Å². The minimum Gasteiger partial charge on any atom is -0.324 e. The maximum absolute atomic E-state index is 12.8. The molecule has 0 aromatic heterocycles. The average molecular weight is 350 g/mol. The monoisotopic (exact) mass is 349 g/mol. The fourth-order valence-corrected chi connectivity index (χ4v) is 3.55. The average Bonchev–Trinajstić information content (AvgIpc) is 2.37. The number of hydrogen-bond acceptors (Lipinski definition) is 1. The van der Waals surface area contributed by atoms with E-state index in [2.05, 4.69) is 22.9 Å². The molecule has 0 spiro atoms. The molecule has 3 atom stereocenters. The summed E-state index contributed by atoms with van der Waals surface area (Å²) in [5, 5.41) is 0. The molecular formula is C15H19BrF3N. The molecular weight excluding hydrogens is 331 g/mol. The lowest BCUT2D eigenvalue weighted by atomic mass is 9.77. The topological polar surface area (TPSA) is 26.0 Å². The normalized spacial score (nSPS) is 25.5. The standard InChI is InChI=1S/C15H19BrF3N/c1-9-3-2-4-10(7-9)14(20)12-8-11(15(17,18)19)5-6-13(12)16/h5-6,8-10,14H,2-4,7,20H2,1H3. The summed E-state index contributed by atoms with van der Waals surface area (Å²) in [6.07, 6.45) is -0.0455. The van der Waals surface area contributed by atoms with Gasteiger partial charge < -0.3 is 5.73 Å². The number of alkyl halides is 3. The summed E-state index contributed by atoms with van der Waals surface area (Å²) in [6, 6.07) is 3.39. The van der Waals surface area contributed by atoms with Crippen LogP contribution in [0.4, 0.5) is 13.2 Å². The Labute approximate surface area is 125 Å². The highest BCUT2D eigenvalue weighted by Gasteiger charge is 2.33. The Morgan fingerprint density at radius 2 is 2.00 bits per heavy atom. The summed E-state index contributed by atoms with van der Waals surface area (Å²) in [4.78, 5) is 0. The third-order valence-corrected chi connectivity index (χ3v) is 4.89. The Kier molecular flexibility index (Phi) is 4.80. The zero-order valence-electron chi connectivity index (χ0n) is 11.4. The molecule has 2 N–H and O–H groups in total. The molecule has 1 nitrogen and oxygen atoms in total. The second kappa shape index (κ2) is 6.06. The van der Waals surface area contributed by atoms with E-state index in [1.165, 1.54) is 18.6 Å². The molecule has 1 fully saturated rings. The summed E-state index contributed by atoms with van der Waals surface area (Å²) < 4.78 is 39.1. The molecule has 0 amide bonds. The van der Waals surface area contributed by atoms with E-state index in [4.69, 9.17) is 5.73 Å². The van der Waals surface area contributed by atoms with Gasteiger partial charge in [-0.05, 0) is 48.4 Å². The van der Waals surface area contributed by atoms with Gasteiger partial charge in [-0.3, -0.25) is 0 Å². The van der Waals surface area contributed by atoms with Crippen molar-refractivity contribution in [3.63, 3.8) is 0 Å². The van der Waals surface area contributed by atoms with Crippen LogP contribution in [-0.4, -0.2) is 0 Å². The van der Waals surface area contributed by atoms with Crippen LogP contribution < -0.4 is 5.73 Å². The summed E-state index contributed by atoms with van der Waals surface area (Å²) in [5.41, 5.74) is 6.19. The third kappa shape index (κ3) is 3.55. The van der Waals surface area contributed by atoms with E-state index in [1.54, 1.807) is 0 Å². The lowest BCUT2D eigenvalue weighted by molar-refractivity contribution is -0.137. The molecule has 20 heavy (non-hydrogen) atoms. The van der Waals surface area contributed by atoms with Crippen LogP contribution in [0.15, 0.2) is 22.7 Å². The zero-order valence-corrected chi connectivity index (χ0v) is 13.0. The predicted octanol–water partition coefficient (Wildman–Crippen LogP) is 5.29. The zero-order chi connectivity index (χ0) is 14.9. The molecule has 3 unspecified atom stereocenters. The molecule has 1 saturated carbocycles.